The normalized spacial score (nSPS) is 10.8. The van der Waals surface area contributed by atoms with Gasteiger partial charge in [0.15, 0.2) is 0 Å². The number of hydrogen-bond donors (Lipinski definition) is 2. The maximum atomic E-state index is 10.6. The van der Waals surface area contributed by atoms with Crippen LogP contribution < -0.4 is 5.32 Å². The molecule has 0 amide bonds. The van der Waals surface area contributed by atoms with Crippen molar-refractivity contribution in [1.29, 1.82) is 0 Å². The highest BCUT2D eigenvalue weighted by Gasteiger charge is 2.10. The molecule has 0 aliphatic rings. The molecule has 0 bridgehead atoms. The summed E-state index contributed by atoms with van der Waals surface area (Å²) in [6, 6.07) is 7.51. The van der Waals surface area contributed by atoms with E-state index >= 15 is 0 Å². The minimum Gasteiger partial charge on any atom is -0.390 e. The van der Waals surface area contributed by atoms with Crippen molar-refractivity contribution >= 4 is 34.1 Å². The van der Waals surface area contributed by atoms with Crippen LogP contribution >= 0.6 is 11.6 Å². The second-order valence-corrected chi connectivity index (χ2v) is 5.48. The number of anilines is 1. The molecule has 0 unspecified atom stereocenters. The van der Waals surface area contributed by atoms with Crippen molar-refractivity contribution in [3.8, 4) is 0 Å². The standard InChI is InChI=1S/C15H14ClN5O2/c16-10-3-4-12-13(5-7-18-14(12)8-10)17-6-1-2-11-9-19-15(20-11)21(22)23/h3-5,7-9H,1-2,6H2,(H,17,18)(H,19,20). The summed E-state index contributed by atoms with van der Waals surface area (Å²) in [5.41, 5.74) is 2.58. The van der Waals surface area contributed by atoms with Gasteiger partial charge in [0.2, 0.25) is 0 Å². The highest BCUT2D eigenvalue weighted by atomic mass is 35.5. The number of H-pyrrole nitrogens is 1. The monoisotopic (exact) mass is 331 g/mol. The first kappa shape index (κ1) is 15.2. The van der Waals surface area contributed by atoms with Crippen LogP contribution in [0.15, 0.2) is 36.7 Å². The first-order valence-electron chi connectivity index (χ1n) is 7.10. The van der Waals surface area contributed by atoms with E-state index in [1.165, 1.54) is 6.20 Å². The molecule has 0 saturated heterocycles. The summed E-state index contributed by atoms with van der Waals surface area (Å²) in [4.78, 5) is 20.7. The summed E-state index contributed by atoms with van der Waals surface area (Å²) in [6.45, 7) is 0.731. The zero-order chi connectivity index (χ0) is 16.2. The quantitative estimate of drug-likeness (QED) is 0.409. The number of hydrogen-bond acceptors (Lipinski definition) is 5. The minimum absolute atomic E-state index is 0.218. The average molecular weight is 332 g/mol. The molecule has 23 heavy (non-hydrogen) atoms. The number of imidazole rings is 1. The Labute approximate surface area is 136 Å². The number of aromatic nitrogens is 3. The van der Waals surface area contributed by atoms with Gasteiger partial charge in [-0.05, 0) is 35.6 Å². The average Bonchev–Trinajstić information content (AvgIpc) is 3.00. The van der Waals surface area contributed by atoms with Crippen molar-refractivity contribution in [1.82, 2.24) is 15.0 Å². The van der Waals surface area contributed by atoms with E-state index in [0.29, 0.717) is 11.4 Å². The maximum absolute atomic E-state index is 10.6. The molecule has 0 aliphatic carbocycles. The van der Waals surface area contributed by atoms with E-state index in [-0.39, 0.29) is 5.95 Å². The van der Waals surface area contributed by atoms with Crippen LogP contribution in [0.3, 0.4) is 0 Å². The van der Waals surface area contributed by atoms with Crippen LogP contribution in [0.5, 0.6) is 0 Å². The Morgan fingerprint density at radius 1 is 1.30 bits per heavy atom. The van der Waals surface area contributed by atoms with Gasteiger partial charge < -0.3 is 15.4 Å². The predicted molar refractivity (Wildman–Crippen MR) is 88.8 cm³/mol. The number of nitrogens with zero attached hydrogens (tertiary/aromatic N) is 3. The zero-order valence-corrected chi connectivity index (χ0v) is 12.9. The molecule has 0 fully saturated rings. The van der Waals surface area contributed by atoms with Gasteiger partial charge in [0.05, 0.1) is 5.52 Å². The van der Waals surface area contributed by atoms with E-state index in [2.05, 4.69) is 20.3 Å². The van der Waals surface area contributed by atoms with Gasteiger partial charge in [0.25, 0.3) is 0 Å². The number of nitrogens with one attached hydrogen (secondary N) is 2. The van der Waals surface area contributed by atoms with Crippen LogP contribution in [-0.4, -0.2) is 26.4 Å². The summed E-state index contributed by atoms with van der Waals surface area (Å²) in [6.07, 6.45) is 4.74. The molecule has 0 atom stereocenters. The molecule has 118 valence electrons. The van der Waals surface area contributed by atoms with E-state index in [9.17, 15) is 10.1 Å². The van der Waals surface area contributed by atoms with Crippen LogP contribution in [0.25, 0.3) is 10.9 Å². The Kier molecular flexibility index (Phi) is 4.38. The van der Waals surface area contributed by atoms with Gasteiger partial charge in [-0.25, -0.2) is 4.98 Å². The number of benzene rings is 1. The number of nitro groups is 1. The molecule has 2 N–H and O–H groups in total. The van der Waals surface area contributed by atoms with E-state index < -0.39 is 4.92 Å². The predicted octanol–water partition coefficient (Wildman–Crippen LogP) is 3.56. The number of halogens is 1. The molecule has 0 aliphatic heterocycles. The smallest absolute Gasteiger partial charge is 0.390 e. The lowest BCUT2D eigenvalue weighted by atomic mass is 10.2. The van der Waals surface area contributed by atoms with Crippen molar-refractivity contribution in [2.45, 2.75) is 12.8 Å². The first-order chi connectivity index (χ1) is 11.1. The van der Waals surface area contributed by atoms with Crippen molar-refractivity contribution in [3.05, 3.63) is 57.5 Å². The number of aryl methyl sites for hydroxylation is 1. The maximum Gasteiger partial charge on any atom is 0.432 e. The Balaban J connectivity index is 1.59. The molecule has 2 heterocycles. The molecule has 1 aromatic carbocycles. The van der Waals surface area contributed by atoms with E-state index in [1.54, 1.807) is 6.20 Å². The second-order valence-electron chi connectivity index (χ2n) is 5.04. The molecule has 0 radical (unpaired) electrons. The van der Waals surface area contributed by atoms with E-state index in [0.717, 1.165) is 35.2 Å². The summed E-state index contributed by atoms with van der Waals surface area (Å²) in [7, 11) is 0. The third-order valence-corrected chi connectivity index (χ3v) is 3.67. The van der Waals surface area contributed by atoms with Gasteiger partial charge >= 0.3 is 5.95 Å². The Bertz CT molecular complexity index is 849. The Morgan fingerprint density at radius 2 is 2.17 bits per heavy atom. The Hall–Kier alpha value is -2.67. The highest BCUT2D eigenvalue weighted by Crippen LogP contribution is 2.24. The topological polar surface area (TPSA) is 96.7 Å². The minimum atomic E-state index is -0.532. The van der Waals surface area contributed by atoms with Crippen LogP contribution in [0.2, 0.25) is 5.02 Å². The fourth-order valence-corrected chi connectivity index (χ4v) is 2.51. The largest absolute Gasteiger partial charge is 0.432 e. The van der Waals surface area contributed by atoms with Gasteiger partial charge in [-0.2, -0.15) is 0 Å². The number of rotatable bonds is 6. The fourth-order valence-electron chi connectivity index (χ4n) is 2.34. The molecule has 2 aromatic heterocycles. The number of aromatic amines is 1. The van der Waals surface area contributed by atoms with Crippen molar-refractivity contribution < 1.29 is 4.92 Å². The lowest BCUT2D eigenvalue weighted by molar-refractivity contribution is -0.393. The highest BCUT2D eigenvalue weighted by molar-refractivity contribution is 6.31. The van der Waals surface area contributed by atoms with Crippen LogP contribution in [-0.2, 0) is 6.42 Å². The van der Waals surface area contributed by atoms with Gasteiger partial charge in [-0.1, -0.05) is 16.6 Å². The van der Waals surface area contributed by atoms with Crippen LogP contribution in [0.1, 0.15) is 12.1 Å². The molecule has 8 heteroatoms. The molecule has 3 rings (SSSR count). The van der Waals surface area contributed by atoms with Crippen molar-refractivity contribution in [2.75, 3.05) is 11.9 Å². The number of fused-ring (bicyclic) bond motifs is 1. The molecule has 0 spiro atoms. The number of pyridine rings is 1. The summed E-state index contributed by atoms with van der Waals surface area (Å²) >= 11 is 5.97. The van der Waals surface area contributed by atoms with E-state index in [4.69, 9.17) is 11.6 Å². The SMILES string of the molecule is O=[N+]([O-])c1ncc(CCCNc2ccnc3cc(Cl)ccc23)[nH]1. The van der Waals surface area contributed by atoms with Gasteiger partial charge in [-0.3, -0.25) is 4.98 Å². The first-order valence-corrected chi connectivity index (χ1v) is 7.48. The van der Waals surface area contributed by atoms with Crippen LogP contribution in [0.4, 0.5) is 11.6 Å². The molecule has 0 saturated carbocycles. The van der Waals surface area contributed by atoms with Crippen molar-refractivity contribution in [3.63, 3.8) is 0 Å². The Morgan fingerprint density at radius 3 is 2.96 bits per heavy atom. The van der Waals surface area contributed by atoms with Crippen molar-refractivity contribution in [2.24, 2.45) is 0 Å². The van der Waals surface area contributed by atoms with E-state index in [1.807, 2.05) is 24.3 Å². The summed E-state index contributed by atoms with van der Waals surface area (Å²) in [5.74, 6) is -0.218. The third kappa shape index (κ3) is 3.57. The van der Waals surface area contributed by atoms with Gasteiger partial charge in [0.1, 0.15) is 11.9 Å². The lowest BCUT2D eigenvalue weighted by Gasteiger charge is -2.09. The summed E-state index contributed by atoms with van der Waals surface area (Å²) < 4.78 is 0. The lowest BCUT2D eigenvalue weighted by Crippen LogP contribution is -2.04. The molecular weight excluding hydrogens is 318 g/mol. The zero-order valence-electron chi connectivity index (χ0n) is 12.1. The molecule has 7 nitrogen and oxygen atoms in total. The van der Waals surface area contributed by atoms with Gasteiger partial charge in [-0.15, -0.1) is 0 Å². The fraction of sp³-hybridized carbons (Fsp3) is 0.200. The molecular formula is C15H14ClN5O2. The second kappa shape index (κ2) is 6.62. The summed E-state index contributed by atoms with van der Waals surface area (Å²) in [5, 5.41) is 15.6. The van der Waals surface area contributed by atoms with Crippen LogP contribution in [0, 0.1) is 10.1 Å². The van der Waals surface area contributed by atoms with Gasteiger partial charge in [0, 0.05) is 35.3 Å². The molecule has 3 aromatic rings. The third-order valence-electron chi connectivity index (χ3n) is 3.43.